The van der Waals surface area contributed by atoms with Crippen LogP contribution in [0.5, 0.6) is 0 Å². The molecule has 126 valence electrons. The lowest BCUT2D eigenvalue weighted by Crippen LogP contribution is -2.49. The number of aromatic nitrogens is 3. The summed E-state index contributed by atoms with van der Waals surface area (Å²) in [7, 11) is 1.83. The minimum atomic E-state index is -0.423. The van der Waals surface area contributed by atoms with Gasteiger partial charge >= 0.3 is 6.03 Å². The van der Waals surface area contributed by atoms with Gasteiger partial charge in [0.1, 0.15) is 0 Å². The van der Waals surface area contributed by atoms with Gasteiger partial charge in [0.25, 0.3) is 0 Å². The number of amides is 3. The van der Waals surface area contributed by atoms with Gasteiger partial charge in [0.05, 0.1) is 5.39 Å². The van der Waals surface area contributed by atoms with Crippen molar-refractivity contribution in [1.29, 1.82) is 0 Å². The quantitative estimate of drug-likeness (QED) is 0.854. The molecule has 2 aromatic heterocycles. The highest BCUT2D eigenvalue weighted by molar-refractivity contribution is 6.08. The smallest absolute Gasteiger partial charge is 0.317 e. The van der Waals surface area contributed by atoms with Gasteiger partial charge in [-0.05, 0) is 38.1 Å². The van der Waals surface area contributed by atoms with E-state index in [2.05, 4.69) is 15.7 Å². The van der Waals surface area contributed by atoms with E-state index >= 15 is 0 Å². The van der Waals surface area contributed by atoms with E-state index in [1.165, 1.54) is 4.90 Å². The van der Waals surface area contributed by atoms with E-state index in [0.29, 0.717) is 18.3 Å². The molecule has 0 aromatic carbocycles. The average Bonchev–Trinajstić information content (AvgIpc) is 2.92. The van der Waals surface area contributed by atoms with Crippen LogP contribution in [0.15, 0.2) is 12.1 Å². The molecular formula is C16H20N6O2. The molecule has 2 N–H and O–H groups in total. The zero-order valence-corrected chi connectivity index (χ0v) is 13.6. The summed E-state index contributed by atoms with van der Waals surface area (Å²) in [5.41, 5.74) is 1.85. The summed E-state index contributed by atoms with van der Waals surface area (Å²) in [6.07, 6.45) is 2.45. The second kappa shape index (κ2) is 5.86. The van der Waals surface area contributed by atoms with E-state index in [1.54, 1.807) is 4.68 Å². The Bertz CT molecular complexity index is 808. The topological polar surface area (TPSA) is 92.2 Å². The van der Waals surface area contributed by atoms with Crippen LogP contribution in [0.4, 0.5) is 10.6 Å². The van der Waals surface area contributed by atoms with Crippen molar-refractivity contribution in [3.63, 3.8) is 0 Å². The van der Waals surface area contributed by atoms with Crippen LogP contribution in [0.2, 0.25) is 0 Å². The molecular weight excluding hydrogens is 308 g/mol. The molecule has 0 aliphatic carbocycles. The fourth-order valence-electron chi connectivity index (χ4n) is 3.44. The van der Waals surface area contributed by atoms with E-state index in [1.807, 2.05) is 19.2 Å². The third kappa shape index (κ3) is 2.52. The van der Waals surface area contributed by atoms with Crippen LogP contribution in [0, 0.1) is 0 Å². The first-order chi connectivity index (χ1) is 11.6. The van der Waals surface area contributed by atoms with E-state index in [0.717, 1.165) is 42.7 Å². The lowest BCUT2D eigenvalue weighted by molar-refractivity contribution is -0.120. The molecule has 2 fully saturated rings. The molecule has 2 aliphatic rings. The Hall–Kier alpha value is -2.48. The number of nitrogens with one attached hydrogen (secondary N) is 2. The highest BCUT2D eigenvalue weighted by atomic mass is 16.2. The van der Waals surface area contributed by atoms with Crippen LogP contribution in [-0.2, 0) is 11.8 Å². The van der Waals surface area contributed by atoms with Crippen LogP contribution in [-0.4, -0.2) is 46.3 Å². The first-order valence-electron chi connectivity index (χ1n) is 8.29. The molecule has 0 bridgehead atoms. The van der Waals surface area contributed by atoms with Gasteiger partial charge in [0.15, 0.2) is 11.5 Å². The van der Waals surface area contributed by atoms with Crippen LogP contribution in [0.3, 0.4) is 0 Å². The number of hydrogen-bond donors (Lipinski definition) is 2. The standard InChI is InChI=1S/C16H20N6O2/c1-21-14-11(2-3-12(18-14)10-4-7-17-8-5-10)15(20-21)22-9-6-13(23)19-16(22)24/h2-3,10,17H,4-9H2,1H3,(H,19,23,24). The van der Waals surface area contributed by atoms with Crippen LogP contribution in [0.1, 0.15) is 30.9 Å². The largest absolute Gasteiger partial charge is 0.329 e. The van der Waals surface area contributed by atoms with Crippen LogP contribution >= 0.6 is 0 Å². The van der Waals surface area contributed by atoms with Gasteiger partial charge < -0.3 is 5.32 Å². The van der Waals surface area contributed by atoms with E-state index in [9.17, 15) is 9.59 Å². The second-order valence-electron chi connectivity index (χ2n) is 6.33. The third-order valence-electron chi connectivity index (χ3n) is 4.76. The highest BCUT2D eigenvalue weighted by Gasteiger charge is 2.28. The monoisotopic (exact) mass is 328 g/mol. The minimum absolute atomic E-state index is 0.247. The number of rotatable bonds is 2. The van der Waals surface area contributed by atoms with Crippen molar-refractivity contribution in [2.45, 2.75) is 25.2 Å². The molecule has 4 rings (SSSR count). The Balaban J connectivity index is 1.71. The number of hydrogen-bond acceptors (Lipinski definition) is 5. The fraction of sp³-hybridized carbons (Fsp3) is 0.500. The van der Waals surface area contributed by atoms with Crippen molar-refractivity contribution in [1.82, 2.24) is 25.4 Å². The molecule has 24 heavy (non-hydrogen) atoms. The summed E-state index contributed by atoms with van der Waals surface area (Å²) in [6.45, 7) is 2.37. The van der Waals surface area contributed by atoms with Gasteiger partial charge in [-0.15, -0.1) is 0 Å². The number of fused-ring (bicyclic) bond motifs is 1. The summed E-state index contributed by atoms with van der Waals surface area (Å²) in [4.78, 5) is 29.7. The van der Waals surface area contributed by atoms with Crippen molar-refractivity contribution in [2.24, 2.45) is 7.05 Å². The lowest BCUT2D eigenvalue weighted by Gasteiger charge is -2.24. The molecule has 3 amide bonds. The van der Waals surface area contributed by atoms with Crippen molar-refractivity contribution in [3.8, 4) is 0 Å². The molecule has 8 heteroatoms. The summed E-state index contributed by atoms with van der Waals surface area (Å²) in [5, 5.41) is 11.0. The fourth-order valence-corrected chi connectivity index (χ4v) is 3.44. The Labute approximate surface area is 139 Å². The van der Waals surface area contributed by atoms with E-state index < -0.39 is 6.03 Å². The van der Waals surface area contributed by atoms with Crippen LogP contribution < -0.4 is 15.5 Å². The first-order valence-corrected chi connectivity index (χ1v) is 8.29. The molecule has 2 saturated heterocycles. The number of carbonyl (C=O) groups excluding carboxylic acids is 2. The number of piperidine rings is 1. The summed E-state index contributed by atoms with van der Waals surface area (Å²) >= 11 is 0. The Morgan fingerprint density at radius 1 is 1.21 bits per heavy atom. The zero-order chi connectivity index (χ0) is 16.7. The third-order valence-corrected chi connectivity index (χ3v) is 4.76. The molecule has 0 saturated carbocycles. The number of pyridine rings is 1. The maximum Gasteiger partial charge on any atom is 0.329 e. The number of urea groups is 1. The number of imide groups is 1. The molecule has 0 atom stereocenters. The first kappa shape index (κ1) is 15.1. The van der Waals surface area contributed by atoms with Gasteiger partial charge in [0.2, 0.25) is 5.91 Å². The van der Waals surface area contributed by atoms with Crippen molar-refractivity contribution in [3.05, 3.63) is 17.8 Å². The Morgan fingerprint density at radius 2 is 2.00 bits per heavy atom. The van der Waals surface area contributed by atoms with E-state index in [4.69, 9.17) is 4.98 Å². The molecule has 2 aromatic rings. The van der Waals surface area contributed by atoms with Crippen LogP contribution in [0.25, 0.3) is 11.0 Å². The van der Waals surface area contributed by atoms with Gasteiger partial charge in [-0.3, -0.25) is 15.0 Å². The SMILES string of the molecule is Cn1nc(N2CCC(=O)NC2=O)c2ccc(C3CCNCC3)nc21. The summed E-state index contributed by atoms with van der Waals surface area (Å²) in [6, 6.07) is 3.61. The van der Waals surface area contributed by atoms with Gasteiger partial charge in [-0.2, -0.15) is 5.10 Å². The predicted octanol–water partition coefficient (Wildman–Crippen LogP) is 0.882. The predicted molar refractivity (Wildman–Crippen MR) is 88.9 cm³/mol. The minimum Gasteiger partial charge on any atom is -0.317 e. The van der Waals surface area contributed by atoms with Crippen molar-refractivity contribution >= 4 is 28.8 Å². The molecule has 0 unspecified atom stereocenters. The van der Waals surface area contributed by atoms with Crippen molar-refractivity contribution < 1.29 is 9.59 Å². The van der Waals surface area contributed by atoms with Gasteiger partial charge in [0, 0.05) is 31.6 Å². The molecule has 2 aliphatic heterocycles. The number of carbonyl (C=O) groups is 2. The number of nitrogens with zero attached hydrogens (tertiary/aromatic N) is 4. The van der Waals surface area contributed by atoms with Gasteiger partial charge in [-0.25, -0.2) is 14.5 Å². The van der Waals surface area contributed by atoms with Crippen molar-refractivity contribution in [2.75, 3.05) is 24.5 Å². The Morgan fingerprint density at radius 3 is 2.75 bits per heavy atom. The van der Waals surface area contributed by atoms with E-state index in [-0.39, 0.29) is 12.3 Å². The molecule has 8 nitrogen and oxygen atoms in total. The number of anilines is 1. The lowest BCUT2D eigenvalue weighted by atomic mass is 9.94. The molecule has 0 spiro atoms. The van der Waals surface area contributed by atoms with Gasteiger partial charge in [-0.1, -0.05) is 0 Å². The second-order valence-corrected chi connectivity index (χ2v) is 6.33. The highest BCUT2D eigenvalue weighted by Crippen LogP contribution is 2.30. The normalized spacial score (nSPS) is 19.8. The average molecular weight is 328 g/mol. The maximum atomic E-state index is 12.1. The zero-order valence-electron chi connectivity index (χ0n) is 13.6. The summed E-state index contributed by atoms with van der Waals surface area (Å²) in [5.74, 6) is 0.773. The Kier molecular flexibility index (Phi) is 3.68. The molecule has 4 heterocycles. The summed E-state index contributed by atoms with van der Waals surface area (Å²) < 4.78 is 1.71. The molecule has 0 radical (unpaired) electrons. The maximum absolute atomic E-state index is 12.1. The number of aryl methyl sites for hydroxylation is 1.